The molecule has 1 rings (SSSR count). The SMILES string of the molecule is CCOC(=O)C(N)CSCC#Cc1ccccc1. The molecule has 1 aromatic carbocycles. The number of thioether (sulfide) groups is 1. The average Bonchev–Trinajstić information content (AvgIpc) is 2.39. The van der Waals surface area contributed by atoms with Crippen LogP contribution in [-0.2, 0) is 9.53 Å². The summed E-state index contributed by atoms with van der Waals surface area (Å²) in [5, 5.41) is 0. The van der Waals surface area contributed by atoms with Crippen molar-refractivity contribution in [3.8, 4) is 11.8 Å². The van der Waals surface area contributed by atoms with Crippen LogP contribution >= 0.6 is 11.8 Å². The van der Waals surface area contributed by atoms with Gasteiger partial charge in [-0.1, -0.05) is 30.0 Å². The van der Waals surface area contributed by atoms with Crippen LogP contribution in [0.4, 0.5) is 0 Å². The molecular formula is C14H17NO2S. The summed E-state index contributed by atoms with van der Waals surface area (Å²) in [5.74, 6) is 6.92. The number of nitrogens with two attached hydrogens (primary N) is 1. The van der Waals surface area contributed by atoms with E-state index in [2.05, 4.69) is 11.8 Å². The van der Waals surface area contributed by atoms with Gasteiger partial charge in [-0.25, -0.2) is 0 Å². The Hall–Kier alpha value is -1.44. The number of esters is 1. The lowest BCUT2D eigenvalue weighted by molar-refractivity contribution is -0.144. The lowest BCUT2D eigenvalue weighted by Gasteiger charge is -2.08. The van der Waals surface area contributed by atoms with Crippen LogP contribution < -0.4 is 5.73 Å². The van der Waals surface area contributed by atoms with Gasteiger partial charge in [-0.2, -0.15) is 0 Å². The van der Waals surface area contributed by atoms with Gasteiger partial charge in [0.2, 0.25) is 0 Å². The molecule has 18 heavy (non-hydrogen) atoms. The van der Waals surface area contributed by atoms with E-state index >= 15 is 0 Å². The number of ether oxygens (including phenoxy) is 1. The number of rotatable bonds is 5. The normalized spacial score (nSPS) is 11.2. The minimum atomic E-state index is -0.562. The predicted octanol–water partition coefficient (Wildman–Crippen LogP) is 1.66. The molecule has 0 heterocycles. The third-order valence-corrected chi connectivity index (χ3v) is 3.01. The molecule has 0 radical (unpaired) electrons. The number of carbonyl (C=O) groups excluding carboxylic acids is 1. The van der Waals surface area contributed by atoms with Gasteiger partial charge in [0, 0.05) is 11.3 Å². The summed E-state index contributed by atoms with van der Waals surface area (Å²) in [7, 11) is 0. The minimum Gasteiger partial charge on any atom is -0.465 e. The van der Waals surface area contributed by atoms with Crippen LogP contribution in [0.5, 0.6) is 0 Å². The van der Waals surface area contributed by atoms with E-state index in [0.29, 0.717) is 18.1 Å². The summed E-state index contributed by atoms with van der Waals surface area (Å²) in [5.41, 5.74) is 6.65. The fraction of sp³-hybridized carbons (Fsp3) is 0.357. The Labute approximate surface area is 112 Å². The molecule has 0 aliphatic heterocycles. The smallest absolute Gasteiger partial charge is 0.323 e. The maximum atomic E-state index is 11.2. The van der Waals surface area contributed by atoms with E-state index in [9.17, 15) is 4.79 Å². The Morgan fingerprint density at radius 1 is 1.44 bits per heavy atom. The highest BCUT2D eigenvalue weighted by molar-refractivity contribution is 7.99. The van der Waals surface area contributed by atoms with Crippen LogP contribution in [0.25, 0.3) is 0 Å². The van der Waals surface area contributed by atoms with Crippen LogP contribution in [0, 0.1) is 11.8 Å². The number of carbonyl (C=O) groups is 1. The van der Waals surface area contributed by atoms with Crippen molar-refractivity contribution in [3.63, 3.8) is 0 Å². The first-order valence-electron chi connectivity index (χ1n) is 5.78. The number of benzene rings is 1. The highest BCUT2D eigenvalue weighted by Crippen LogP contribution is 2.02. The monoisotopic (exact) mass is 263 g/mol. The van der Waals surface area contributed by atoms with Crippen LogP contribution in [0.3, 0.4) is 0 Å². The van der Waals surface area contributed by atoms with E-state index in [1.807, 2.05) is 30.3 Å². The van der Waals surface area contributed by atoms with Crippen LogP contribution in [0.1, 0.15) is 12.5 Å². The van der Waals surface area contributed by atoms with Gasteiger partial charge in [0.15, 0.2) is 0 Å². The molecule has 0 aliphatic carbocycles. The molecule has 0 aliphatic rings. The topological polar surface area (TPSA) is 52.3 Å². The highest BCUT2D eigenvalue weighted by Gasteiger charge is 2.13. The lowest BCUT2D eigenvalue weighted by Crippen LogP contribution is -2.34. The summed E-state index contributed by atoms with van der Waals surface area (Å²) in [6.45, 7) is 2.13. The second kappa shape index (κ2) is 8.62. The fourth-order valence-corrected chi connectivity index (χ4v) is 1.90. The van der Waals surface area contributed by atoms with Crippen molar-refractivity contribution < 1.29 is 9.53 Å². The van der Waals surface area contributed by atoms with Crippen molar-refractivity contribution in [1.82, 2.24) is 0 Å². The van der Waals surface area contributed by atoms with Gasteiger partial charge in [-0.3, -0.25) is 4.79 Å². The first-order valence-corrected chi connectivity index (χ1v) is 6.93. The average molecular weight is 263 g/mol. The molecule has 3 nitrogen and oxygen atoms in total. The van der Waals surface area contributed by atoms with Gasteiger partial charge in [0.25, 0.3) is 0 Å². The van der Waals surface area contributed by atoms with Crippen molar-refractivity contribution in [2.24, 2.45) is 5.73 Å². The van der Waals surface area contributed by atoms with E-state index in [1.54, 1.807) is 6.92 Å². The Bertz CT molecular complexity index is 422. The molecule has 0 spiro atoms. The third-order valence-electron chi connectivity index (χ3n) is 2.07. The molecule has 0 amide bonds. The minimum absolute atomic E-state index is 0.346. The van der Waals surface area contributed by atoms with Gasteiger partial charge < -0.3 is 10.5 Å². The van der Waals surface area contributed by atoms with Gasteiger partial charge in [-0.15, -0.1) is 11.8 Å². The van der Waals surface area contributed by atoms with E-state index in [-0.39, 0.29) is 5.97 Å². The Kier molecular flexibility index (Phi) is 7.00. The largest absolute Gasteiger partial charge is 0.465 e. The molecule has 1 unspecified atom stereocenters. The molecule has 0 bridgehead atoms. The van der Waals surface area contributed by atoms with Crippen LogP contribution in [0.2, 0.25) is 0 Å². The maximum Gasteiger partial charge on any atom is 0.323 e. The molecule has 0 saturated carbocycles. The van der Waals surface area contributed by atoms with E-state index in [0.717, 1.165) is 5.56 Å². The first-order chi connectivity index (χ1) is 8.74. The predicted molar refractivity (Wildman–Crippen MR) is 75.3 cm³/mol. The zero-order valence-electron chi connectivity index (χ0n) is 10.4. The zero-order chi connectivity index (χ0) is 13.2. The van der Waals surface area contributed by atoms with Crippen molar-refractivity contribution in [2.45, 2.75) is 13.0 Å². The highest BCUT2D eigenvalue weighted by atomic mass is 32.2. The van der Waals surface area contributed by atoms with Crippen LogP contribution in [0.15, 0.2) is 30.3 Å². The molecule has 0 aromatic heterocycles. The molecule has 1 aromatic rings. The molecule has 0 saturated heterocycles. The lowest BCUT2D eigenvalue weighted by atomic mass is 10.2. The maximum absolute atomic E-state index is 11.2. The summed E-state index contributed by atoms with van der Waals surface area (Å²) in [6, 6.07) is 9.22. The van der Waals surface area contributed by atoms with Crippen LogP contribution in [-0.4, -0.2) is 30.1 Å². The Morgan fingerprint density at radius 2 is 2.17 bits per heavy atom. The van der Waals surface area contributed by atoms with Gasteiger partial charge >= 0.3 is 5.97 Å². The second-order valence-electron chi connectivity index (χ2n) is 3.54. The van der Waals surface area contributed by atoms with Crippen molar-refractivity contribution in [2.75, 3.05) is 18.1 Å². The number of hydrogen-bond acceptors (Lipinski definition) is 4. The second-order valence-corrected chi connectivity index (χ2v) is 4.57. The standard InChI is InChI=1S/C14H17NO2S/c1-2-17-14(16)13(15)11-18-10-6-9-12-7-4-3-5-8-12/h3-5,7-8,13H,2,10-11,15H2,1H3. The molecule has 2 N–H and O–H groups in total. The van der Waals surface area contributed by atoms with Crippen molar-refractivity contribution in [3.05, 3.63) is 35.9 Å². The first kappa shape index (κ1) is 14.6. The van der Waals surface area contributed by atoms with Gasteiger partial charge in [-0.05, 0) is 19.1 Å². The number of hydrogen-bond donors (Lipinski definition) is 1. The molecule has 1 atom stereocenters. The summed E-state index contributed by atoms with van der Waals surface area (Å²) >= 11 is 1.54. The summed E-state index contributed by atoms with van der Waals surface area (Å²) in [6.07, 6.45) is 0. The Balaban J connectivity index is 2.23. The Morgan fingerprint density at radius 3 is 2.83 bits per heavy atom. The fourth-order valence-electron chi connectivity index (χ4n) is 1.21. The zero-order valence-corrected chi connectivity index (χ0v) is 11.2. The van der Waals surface area contributed by atoms with Gasteiger partial charge in [0.05, 0.1) is 12.4 Å². The molecule has 4 heteroatoms. The quantitative estimate of drug-likeness (QED) is 0.499. The molecule has 0 fully saturated rings. The van der Waals surface area contributed by atoms with Crippen molar-refractivity contribution >= 4 is 17.7 Å². The molecule has 96 valence electrons. The third kappa shape index (κ3) is 5.76. The summed E-state index contributed by atoms with van der Waals surface area (Å²) < 4.78 is 4.82. The summed E-state index contributed by atoms with van der Waals surface area (Å²) in [4.78, 5) is 11.2. The molecular weight excluding hydrogens is 246 g/mol. The van der Waals surface area contributed by atoms with E-state index in [1.165, 1.54) is 11.8 Å². The van der Waals surface area contributed by atoms with Crippen molar-refractivity contribution in [1.29, 1.82) is 0 Å². The van der Waals surface area contributed by atoms with E-state index < -0.39 is 6.04 Å². The van der Waals surface area contributed by atoms with Gasteiger partial charge in [0.1, 0.15) is 6.04 Å². The van der Waals surface area contributed by atoms with E-state index in [4.69, 9.17) is 10.5 Å².